The molecule has 0 unspecified atom stereocenters. The molecule has 0 spiro atoms. The summed E-state index contributed by atoms with van der Waals surface area (Å²) in [6, 6.07) is 4.15. The lowest BCUT2D eigenvalue weighted by Gasteiger charge is -2.00. The van der Waals surface area contributed by atoms with E-state index in [2.05, 4.69) is 28.1 Å². The molecule has 1 heterocycles. The minimum absolute atomic E-state index is 1.03. The molecule has 0 aromatic carbocycles. The van der Waals surface area contributed by atoms with Crippen molar-refractivity contribution < 1.29 is 4.42 Å². The van der Waals surface area contributed by atoms with Gasteiger partial charge in [0.1, 0.15) is 11.5 Å². The largest absolute Gasteiger partial charge is 0.466 e. The van der Waals surface area contributed by atoms with Gasteiger partial charge in [-0.25, -0.2) is 0 Å². The van der Waals surface area contributed by atoms with E-state index >= 15 is 0 Å². The Morgan fingerprint density at radius 2 is 1.56 bits per heavy atom. The first-order valence-corrected chi connectivity index (χ1v) is 7.56. The van der Waals surface area contributed by atoms with Crippen molar-refractivity contribution in [3.63, 3.8) is 0 Å². The fourth-order valence-electron chi connectivity index (χ4n) is 1.90. The zero-order valence-corrected chi connectivity index (χ0v) is 11.9. The number of hydrogen-bond donors (Lipinski definition) is 0. The summed E-state index contributed by atoms with van der Waals surface area (Å²) in [4.78, 5) is 0. The number of alkyl halides is 1. The lowest BCUT2D eigenvalue weighted by atomic mass is 10.1. The number of furan rings is 1. The molecule has 0 amide bonds. The molecule has 0 N–H and O–H groups in total. The van der Waals surface area contributed by atoms with Gasteiger partial charge >= 0.3 is 0 Å². The average Bonchev–Trinajstić information content (AvgIpc) is 2.68. The Morgan fingerprint density at radius 3 is 2.12 bits per heavy atom. The van der Waals surface area contributed by atoms with Gasteiger partial charge in [0.05, 0.1) is 0 Å². The summed E-state index contributed by atoms with van der Waals surface area (Å²) in [6.45, 7) is 2.01. The number of unbranched alkanes of at least 4 members (excludes halogenated alkanes) is 6. The highest BCUT2D eigenvalue weighted by Crippen LogP contribution is 2.12. The summed E-state index contributed by atoms with van der Waals surface area (Å²) in [5, 5.41) is 1.16. The standard InChI is InChI=1S/C14H23BrO/c1-13-10-11-14(16-13)9-7-5-3-2-4-6-8-12-15/h10-11H,2-9,12H2,1H3. The summed E-state index contributed by atoms with van der Waals surface area (Å²) in [5.74, 6) is 2.18. The van der Waals surface area contributed by atoms with Gasteiger partial charge in [-0.2, -0.15) is 0 Å². The molecule has 1 aromatic rings. The minimum atomic E-state index is 1.03. The van der Waals surface area contributed by atoms with E-state index < -0.39 is 0 Å². The Hall–Kier alpha value is -0.240. The fourth-order valence-corrected chi connectivity index (χ4v) is 2.29. The third-order valence-electron chi connectivity index (χ3n) is 2.85. The maximum atomic E-state index is 5.54. The Labute approximate surface area is 108 Å². The molecular formula is C14H23BrO. The van der Waals surface area contributed by atoms with Crippen LogP contribution in [-0.4, -0.2) is 5.33 Å². The first-order chi connectivity index (χ1) is 7.83. The zero-order valence-electron chi connectivity index (χ0n) is 10.3. The number of halogens is 1. The van der Waals surface area contributed by atoms with Crippen LogP contribution in [0.3, 0.4) is 0 Å². The van der Waals surface area contributed by atoms with Crippen LogP contribution in [0.15, 0.2) is 16.5 Å². The lowest BCUT2D eigenvalue weighted by molar-refractivity contribution is 0.469. The van der Waals surface area contributed by atoms with Gasteiger partial charge in [0.2, 0.25) is 0 Å². The number of aryl methyl sites for hydroxylation is 2. The fraction of sp³-hybridized carbons (Fsp3) is 0.714. The summed E-state index contributed by atoms with van der Waals surface area (Å²) in [5.41, 5.74) is 0. The minimum Gasteiger partial charge on any atom is -0.466 e. The molecule has 0 saturated heterocycles. The van der Waals surface area contributed by atoms with E-state index in [0.29, 0.717) is 0 Å². The van der Waals surface area contributed by atoms with Gasteiger partial charge in [0.25, 0.3) is 0 Å². The van der Waals surface area contributed by atoms with Crippen LogP contribution in [-0.2, 0) is 6.42 Å². The molecule has 0 aliphatic carbocycles. The van der Waals surface area contributed by atoms with Crippen LogP contribution in [0.25, 0.3) is 0 Å². The van der Waals surface area contributed by atoms with Crippen LogP contribution >= 0.6 is 15.9 Å². The maximum absolute atomic E-state index is 5.54. The van der Waals surface area contributed by atoms with Gasteiger partial charge in [-0.15, -0.1) is 0 Å². The van der Waals surface area contributed by atoms with Crippen molar-refractivity contribution in [1.82, 2.24) is 0 Å². The lowest BCUT2D eigenvalue weighted by Crippen LogP contribution is -1.84. The van der Waals surface area contributed by atoms with Crippen molar-refractivity contribution in [3.05, 3.63) is 23.7 Å². The Bertz CT molecular complexity index is 267. The van der Waals surface area contributed by atoms with Crippen molar-refractivity contribution in [2.24, 2.45) is 0 Å². The Morgan fingerprint density at radius 1 is 0.938 bits per heavy atom. The second-order valence-corrected chi connectivity index (χ2v) is 5.22. The van der Waals surface area contributed by atoms with Crippen LogP contribution < -0.4 is 0 Å². The molecule has 2 heteroatoms. The molecule has 1 nitrogen and oxygen atoms in total. The van der Waals surface area contributed by atoms with Crippen molar-refractivity contribution in [2.75, 3.05) is 5.33 Å². The van der Waals surface area contributed by atoms with E-state index in [1.165, 1.54) is 44.9 Å². The van der Waals surface area contributed by atoms with E-state index in [-0.39, 0.29) is 0 Å². The van der Waals surface area contributed by atoms with Crippen LogP contribution in [0.5, 0.6) is 0 Å². The SMILES string of the molecule is Cc1ccc(CCCCCCCCCBr)o1. The molecule has 0 aliphatic rings. The molecule has 1 aromatic heterocycles. The molecule has 0 aliphatic heterocycles. The molecular weight excluding hydrogens is 264 g/mol. The smallest absolute Gasteiger partial charge is 0.104 e. The molecule has 1 rings (SSSR count). The van der Waals surface area contributed by atoms with Gasteiger partial charge in [-0.05, 0) is 31.9 Å². The quantitative estimate of drug-likeness (QED) is 0.446. The van der Waals surface area contributed by atoms with E-state index in [0.717, 1.165) is 23.3 Å². The molecule has 0 fully saturated rings. The summed E-state index contributed by atoms with van der Waals surface area (Å²) in [7, 11) is 0. The van der Waals surface area contributed by atoms with E-state index in [4.69, 9.17) is 4.42 Å². The number of hydrogen-bond acceptors (Lipinski definition) is 1. The van der Waals surface area contributed by atoms with Gasteiger partial charge in [0, 0.05) is 11.8 Å². The average molecular weight is 287 g/mol. The van der Waals surface area contributed by atoms with Gasteiger partial charge in [-0.3, -0.25) is 0 Å². The zero-order chi connectivity index (χ0) is 11.6. The molecule has 0 atom stereocenters. The highest BCUT2D eigenvalue weighted by atomic mass is 79.9. The highest BCUT2D eigenvalue weighted by Gasteiger charge is 1.98. The normalized spacial score (nSPS) is 10.9. The first kappa shape index (κ1) is 13.8. The third-order valence-corrected chi connectivity index (χ3v) is 3.41. The molecule has 0 saturated carbocycles. The number of rotatable bonds is 9. The topological polar surface area (TPSA) is 13.1 Å². The Balaban J connectivity index is 1.88. The second-order valence-electron chi connectivity index (χ2n) is 4.43. The molecule has 0 bridgehead atoms. The molecule has 0 radical (unpaired) electrons. The van der Waals surface area contributed by atoms with Gasteiger partial charge in [-0.1, -0.05) is 48.0 Å². The predicted molar refractivity (Wildman–Crippen MR) is 73.3 cm³/mol. The predicted octanol–water partition coefficient (Wildman–Crippen LogP) is 5.26. The van der Waals surface area contributed by atoms with E-state index in [1.807, 2.05) is 6.92 Å². The molecule has 16 heavy (non-hydrogen) atoms. The highest BCUT2D eigenvalue weighted by molar-refractivity contribution is 9.09. The van der Waals surface area contributed by atoms with Crippen molar-refractivity contribution in [2.45, 2.75) is 58.3 Å². The summed E-state index contributed by atoms with van der Waals surface area (Å²) < 4.78 is 5.54. The monoisotopic (exact) mass is 286 g/mol. The van der Waals surface area contributed by atoms with Crippen LogP contribution in [0, 0.1) is 6.92 Å². The maximum Gasteiger partial charge on any atom is 0.104 e. The van der Waals surface area contributed by atoms with E-state index in [9.17, 15) is 0 Å². The van der Waals surface area contributed by atoms with Gasteiger partial charge < -0.3 is 4.42 Å². The Kier molecular flexibility index (Phi) is 7.65. The van der Waals surface area contributed by atoms with Crippen molar-refractivity contribution in [3.8, 4) is 0 Å². The van der Waals surface area contributed by atoms with E-state index in [1.54, 1.807) is 0 Å². The van der Waals surface area contributed by atoms with Crippen LogP contribution in [0.1, 0.15) is 56.5 Å². The summed E-state index contributed by atoms with van der Waals surface area (Å²) >= 11 is 3.46. The van der Waals surface area contributed by atoms with Gasteiger partial charge in [0.15, 0.2) is 0 Å². The van der Waals surface area contributed by atoms with Crippen molar-refractivity contribution in [1.29, 1.82) is 0 Å². The van der Waals surface area contributed by atoms with Crippen LogP contribution in [0.2, 0.25) is 0 Å². The second kappa shape index (κ2) is 8.86. The van der Waals surface area contributed by atoms with Crippen molar-refractivity contribution >= 4 is 15.9 Å². The first-order valence-electron chi connectivity index (χ1n) is 6.44. The molecule has 92 valence electrons. The third kappa shape index (κ3) is 6.37. The summed E-state index contributed by atoms with van der Waals surface area (Å²) in [6.07, 6.45) is 10.6. The van der Waals surface area contributed by atoms with Crippen LogP contribution in [0.4, 0.5) is 0 Å².